The largest absolute Gasteiger partial charge is 0.385 e. The Bertz CT molecular complexity index is 801. The molecule has 4 heteroatoms. The third-order valence-electron chi connectivity index (χ3n) is 3.73. The minimum Gasteiger partial charge on any atom is -0.385 e. The number of methoxy groups -OCH3 is 1. The molecule has 0 radical (unpaired) electrons. The summed E-state index contributed by atoms with van der Waals surface area (Å²) >= 11 is 0. The summed E-state index contributed by atoms with van der Waals surface area (Å²) in [6, 6.07) is 14.4. The maximum Gasteiger partial charge on any atom is 0.136 e. The monoisotopic (exact) mass is 307 g/mol. The van der Waals surface area contributed by atoms with E-state index in [1.165, 1.54) is 5.56 Å². The summed E-state index contributed by atoms with van der Waals surface area (Å²) in [5.74, 6) is 0.878. The zero-order valence-electron chi connectivity index (χ0n) is 13.5. The number of hydrogen-bond donors (Lipinski definition) is 1. The summed E-state index contributed by atoms with van der Waals surface area (Å²) in [7, 11) is 1.72. The van der Waals surface area contributed by atoms with Gasteiger partial charge in [-0.25, -0.2) is 4.98 Å². The molecule has 4 nitrogen and oxygen atoms in total. The molecule has 0 unspecified atom stereocenters. The van der Waals surface area contributed by atoms with E-state index in [1.54, 1.807) is 7.11 Å². The van der Waals surface area contributed by atoms with Gasteiger partial charge in [-0.1, -0.05) is 23.8 Å². The minimum atomic E-state index is 0.737. The van der Waals surface area contributed by atoms with Gasteiger partial charge in [0.1, 0.15) is 5.82 Å². The first-order valence-corrected chi connectivity index (χ1v) is 7.83. The third kappa shape index (κ3) is 3.66. The Morgan fingerprint density at radius 1 is 1.13 bits per heavy atom. The van der Waals surface area contributed by atoms with Crippen LogP contribution in [0.1, 0.15) is 12.0 Å². The molecule has 0 aliphatic carbocycles. The Balaban J connectivity index is 1.99. The second-order valence-corrected chi connectivity index (χ2v) is 5.57. The molecule has 1 aromatic carbocycles. The highest BCUT2D eigenvalue weighted by Gasteiger charge is 2.08. The van der Waals surface area contributed by atoms with Crippen molar-refractivity contribution >= 4 is 16.7 Å². The van der Waals surface area contributed by atoms with E-state index in [9.17, 15) is 0 Å². The number of anilines is 1. The predicted molar refractivity (Wildman–Crippen MR) is 94.7 cm³/mol. The fourth-order valence-corrected chi connectivity index (χ4v) is 2.59. The van der Waals surface area contributed by atoms with Crippen molar-refractivity contribution in [3.8, 4) is 11.3 Å². The second kappa shape index (κ2) is 7.20. The molecular weight excluding hydrogens is 286 g/mol. The van der Waals surface area contributed by atoms with E-state index in [-0.39, 0.29) is 0 Å². The molecule has 3 rings (SSSR count). The average molecular weight is 307 g/mol. The standard InChI is InChI=1S/C19H21N3O/c1-14-6-3-7-15(12-14)17-13-18-16(8-4-9-20-18)19(22-17)21-10-5-11-23-2/h3-4,6-9,12-13H,5,10-11H2,1-2H3,(H,21,22). The number of fused-ring (bicyclic) bond motifs is 1. The summed E-state index contributed by atoms with van der Waals surface area (Å²) in [6.07, 6.45) is 2.76. The third-order valence-corrected chi connectivity index (χ3v) is 3.73. The molecular formula is C19H21N3O. The Kier molecular flexibility index (Phi) is 4.83. The van der Waals surface area contributed by atoms with E-state index in [2.05, 4.69) is 41.5 Å². The summed E-state index contributed by atoms with van der Waals surface area (Å²) in [6.45, 7) is 3.65. The average Bonchev–Trinajstić information content (AvgIpc) is 2.58. The highest BCUT2D eigenvalue weighted by atomic mass is 16.5. The van der Waals surface area contributed by atoms with Gasteiger partial charge < -0.3 is 10.1 Å². The maximum atomic E-state index is 5.10. The molecule has 118 valence electrons. The van der Waals surface area contributed by atoms with Gasteiger partial charge in [0.05, 0.1) is 11.2 Å². The molecule has 0 fully saturated rings. The van der Waals surface area contributed by atoms with Crippen LogP contribution in [0.15, 0.2) is 48.7 Å². The SMILES string of the molecule is COCCCNc1nc(-c2cccc(C)c2)cc2ncccc12. The van der Waals surface area contributed by atoms with Gasteiger partial charge in [0, 0.05) is 37.4 Å². The number of aryl methyl sites for hydroxylation is 1. The van der Waals surface area contributed by atoms with Gasteiger partial charge in [-0.15, -0.1) is 0 Å². The van der Waals surface area contributed by atoms with Crippen LogP contribution in [0.25, 0.3) is 22.2 Å². The molecule has 3 aromatic rings. The molecule has 0 aliphatic rings. The second-order valence-electron chi connectivity index (χ2n) is 5.57. The van der Waals surface area contributed by atoms with Crippen LogP contribution in [0, 0.1) is 6.92 Å². The number of nitrogens with zero attached hydrogens (tertiary/aromatic N) is 2. The molecule has 0 spiro atoms. The number of hydrogen-bond acceptors (Lipinski definition) is 4. The van der Waals surface area contributed by atoms with Crippen LogP contribution < -0.4 is 5.32 Å². The van der Waals surface area contributed by atoms with E-state index in [4.69, 9.17) is 9.72 Å². The van der Waals surface area contributed by atoms with Gasteiger partial charge in [0.2, 0.25) is 0 Å². The van der Waals surface area contributed by atoms with Crippen LogP contribution in [0.4, 0.5) is 5.82 Å². The molecule has 23 heavy (non-hydrogen) atoms. The van der Waals surface area contributed by atoms with Crippen molar-refractivity contribution in [1.82, 2.24) is 9.97 Å². The molecule has 0 bridgehead atoms. The van der Waals surface area contributed by atoms with Crippen LogP contribution in [0.5, 0.6) is 0 Å². The van der Waals surface area contributed by atoms with Crippen molar-refractivity contribution in [1.29, 1.82) is 0 Å². The van der Waals surface area contributed by atoms with E-state index in [1.807, 2.05) is 24.4 Å². The van der Waals surface area contributed by atoms with Crippen LogP contribution in [-0.2, 0) is 4.74 Å². The van der Waals surface area contributed by atoms with Crippen molar-refractivity contribution in [2.24, 2.45) is 0 Å². The van der Waals surface area contributed by atoms with Gasteiger partial charge in [0.15, 0.2) is 0 Å². The molecule has 2 heterocycles. The number of rotatable bonds is 6. The van der Waals surface area contributed by atoms with Crippen LogP contribution >= 0.6 is 0 Å². The number of nitrogens with one attached hydrogen (secondary N) is 1. The lowest BCUT2D eigenvalue weighted by Crippen LogP contribution is -2.07. The predicted octanol–water partition coefficient (Wildman–Crippen LogP) is 4.05. The van der Waals surface area contributed by atoms with E-state index < -0.39 is 0 Å². The molecule has 1 N–H and O–H groups in total. The van der Waals surface area contributed by atoms with Gasteiger partial charge in [-0.05, 0) is 37.6 Å². The number of aromatic nitrogens is 2. The fourth-order valence-electron chi connectivity index (χ4n) is 2.59. The Labute approximate surface area is 136 Å². The van der Waals surface area contributed by atoms with Gasteiger partial charge in [-0.2, -0.15) is 0 Å². The highest BCUT2D eigenvalue weighted by molar-refractivity contribution is 5.91. The first-order valence-electron chi connectivity index (χ1n) is 7.83. The van der Waals surface area contributed by atoms with E-state index in [0.29, 0.717) is 0 Å². The lowest BCUT2D eigenvalue weighted by atomic mass is 10.1. The minimum absolute atomic E-state index is 0.737. The summed E-state index contributed by atoms with van der Waals surface area (Å²) in [5.41, 5.74) is 4.22. The first kappa shape index (κ1) is 15.4. The Morgan fingerprint density at radius 2 is 2.04 bits per heavy atom. The molecule has 0 aliphatic heterocycles. The summed E-state index contributed by atoms with van der Waals surface area (Å²) < 4.78 is 5.10. The lowest BCUT2D eigenvalue weighted by Gasteiger charge is -2.11. The first-order chi connectivity index (χ1) is 11.3. The van der Waals surface area contributed by atoms with E-state index >= 15 is 0 Å². The van der Waals surface area contributed by atoms with Crippen LogP contribution in [-0.4, -0.2) is 30.2 Å². The maximum absolute atomic E-state index is 5.10. The van der Waals surface area contributed by atoms with Crippen molar-refractivity contribution < 1.29 is 4.74 Å². The topological polar surface area (TPSA) is 47.0 Å². The smallest absolute Gasteiger partial charge is 0.136 e. The highest BCUT2D eigenvalue weighted by Crippen LogP contribution is 2.27. The van der Waals surface area contributed by atoms with Crippen molar-refractivity contribution in [2.75, 3.05) is 25.6 Å². The lowest BCUT2D eigenvalue weighted by molar-refractivity contribution is 0.198. The van der Waals surface area contributed by atoms with Crippen LogP contribution in [0.3, 0.4) is 0 Å². The zero-order valence-corrected chi connectivity index (χ0v) is 13.5. The molecule has 0 amide bonds. The van der Waals surface area contributed by atoms with Gasteiger partial charge >= 0.3 is 0 Å². The van der Waals surface area contributed by atoms with Crippen LogP contribution in [0.2, 0.25) is 0 Å². The number of ether oxygens (including phenoxy) is 1. The summed E-state index contributed by atoms with van der Waals surface area (Å²) in [5, 5.41) is 4.46. The molecule has 0 saturated heterocycles. The molecule has 0 saturated carbocycles. The fraction of sp³-hybridized carbons (Fsp3) is 0.263. The number of benzene rings is 1. The van der Waals surface area contributed by atoms with Gasteiger partial charge in [0.25, 0.3) is 0 Å². The van der Waals surface area contributed by atoms with E-state index in [0.717, 1.165) is 47.6 Å². The Hall–Kier alpha value is -2.46. The normalized spacial score (nSPS) is 10.9. The quantitative estimate of drug-likeness (QED) is 0.698. The Morgan fingerprint density at radius 3 is 2.87 bits per heavy atom. The molecule has 0 atom stereocenters. The van der Waals surface area contributed by atoms with Crippen molar-refractivity contribution in [2.45, 2.75) is 13.3 Å². The van der Waals surface area contributed by atoms with Crippen molar-refractivity contribution in [3.05, 3.63) is 54.2 Å². The summed E-state index contributed by atoms with van der Waals surface area (Å²) in [4.78, 5) is 9.31. The van der Waals surface area contributed by atoms with Gasteiger partial charge in [-0.3, -0.25) is 4.98 Å². The number of pyridine rings is 2. The zero-order chi connectivity index (χ0) is 16.1. The van der Waals surface area contributed by atoms with Crippen molar-refractivity contribution in [3.63, 3.8) is 0 Å². The molecule has 2 aromatic heterocycles.